The van der Waals surface area contributed by atoms with E-state index in [1.54, 1.807) is 24.3 Å². The summed E-state index contributed by atoms with van der Waals surface area (Å²) in [6.07, 6.45) is 0.580. The molecule has 6 nitrogen and oxygen atoms in total. The summed E-state index contributed by atoms with van der Waals surface area (Å²) in [5, 5.41) is 7.97. The molecule has 0 spiro atoms. The van der Waals surface area contributed by atoms with Crippen LogP contribution in [0.3, 0.4) is 0 Å². The van der Waals surface area contributed by atoms with Gasteiger partial charge in [0.1, 0.15) is 12.4 Å². The van der Waals surface area contributed by atoms with Gasteiger partial charge in [0.15, 0.2) is 0 Å². The van der Waals surface area contributed by atoms with Crippen molar-refractivity contribution >= 4 is 15.9 Å². The third-order valence-electron chi connectivity index (χ3n) is 5.29. The number of carbonyl (C=O) groups is 1. The molecule has 1 amide bonds. The van der Waals surface area contributed by atoms with Crippen molar-refractivity contribution in [2.24, 2.45) is 5.14 Å². The van der Waals surface area contributed by atoms with E-state index in [9.17, 15) is 13.2 Å². The Balaban J connectivity index is 1.46. The smallest absolute Gasteiger partial charge is 0.251 e. The second kappa shape index (κ2) is 10.2. The van der Waals surface area contributed by atoms with Crippen molar-refractivity contribution in [1.82, 2.24) is 5.32 Å². The summed E-state index contributed by atoms with van der Waals surface area (Å²) in [6.45, 7) is 7.38. The zero-order chi connectivity index (χ0) is 24.1. The first-order chi connectivity index (χ1) is 15.5. The number of hydrogen-bond acceptors (Lipinski definition) is 4. The normalized spacial score (nSPS) is 11.8. The van der Waals surface area contributed by atoms with E-state index >= 15 is 0 Å². The van der Waals surface area contributed by atoms with E-state index in [1.165, 1.54) is 17.7 Å². The molecule has 3 N–H and O–H groups in total. The molecule has 33 heavy (non-hydrogen) atoms. The van der Waals surface area contributed by atoms with Crippen molar-refractivity contribution in [1.29, 1.82) is 0 Å². The van der Waals surface area contributed by atoms with Gasteiger partial charge in [0.2, 0.25) is 10.0 Å². The van der Waals surface area contributed by atoms with Gasteiger partial charge in [-0.05, 0) is 64.9 Å². The summed E-state index contributed by atoms with van der Waals surface area (Å²) in [4.78, 5) is 12.5. The Labute approximate surface area is 195 Å². The van der Waals surface area contributed by atoms with E-state index in [0.717, 1.165) is 16.9 Å². The summed E-state index contributed by atoms with van der Waals surface area (Å²) in [6, 6.07) is 21.7. The van der Waals surface area contributed by atoms with Gasteiger partial charge in [-0.3, -0.25) is 4.79 Å². The van der Waals surface area contributed by atoms with Crippen LogP contribution in [0.2, 0.25) is 0 Å². The van der Waals surface area contributed by atoms with Crippen LogP contribution in [-0.2, 0) is 28.5 Å². The van der Waals surface area contributed by atoms with E-state index in [0.29, 0.717) is 25.1 Å². The van der Waals surface area contributed by atoms with Crippen molar-refractivity contribution in [3.8, 4) is 5.75 Å². The monoisotopic (exact) mass is 466 g/mol. The largest absolute Gasteiger partial charge is 0.489 e. The predicted octanol–water partition coefficient (Wildman–Crippen LogP) is 4.18. The number of nitrogens with one attached hydrogen (secondary N) is 1. The molecular formula is C26H30N2O4S. The Morgan fingerprint density at radius 2 is 1.45 bits per heavy atom. The van der Waals surface area contributed by atoms with Crippen molar-refractivity contribution in [3.63, 3.8) is 0 Å². The Kier molecular flexibility index (Phi) is 7.56. The number of sulfonamides is 1. The molecule has 3 aromatic carbocycles. The summed E-state index contributed by atoms with van der Waals surface area (Å²) in [5.41, 5.74) is 3.81. The summed E-state index contributed by atoms with van der Waals surface area (Å²) in [5.74, 6) is 0.642. The van der Waals surface area contributed by atoms with Crippen molar-refractivity contribution in [3.05, 3.63) is 95.1 Å². The molecule has 0 unspecified atom stereocenters. The van der Waals surface area contributed by atoms with E-state index in [2.05, 4.69) is 38.2 Å². The van der Waals surface area contributed by atoms with E-state index in [1.807, 2.05) is 24.3 Å². The van der Waals surface area contributed by atoms with E-state index < -0.39 is 10.0 Å². The molecule has 0 bridgehead atoms. The highest BCUT2D eigenvalue weighted by Gasteiger charge is 2.13. The maximum atomic E-state index is 12.4. The number of hydrogen-bond donors (Lipinski definition) is 2. The zero-order valence-corrected chi connectivity index (χ0v) is 20.0. The fraction of sp³-hybridized carbons (Fsp3) is 0.269. The van der Waals surface area contributed by atoms with Crippen molar-refractivity contribution in [2.45, 2.75) is 44.1 Å². The average molecular weight is 467 g/mol. The topological polar surface area (TPSA) is 98.5 Å². The maximum Gasteiger partial charge on any atom is 0.251 e. The molecule has 0 aliphatic carbocycles. The number of benzene rings is 3. The quantitative estimate of drug-likeness (QED) is 0.520. The minimum absolute atomic E-state index is 0.0706. The molecule has 0 aliphatic rings. The molecular weight excluding hydrogens is 436 g/mol. The minimum Gasteiger partial charge on any atom is -0.489 e. The van der Waals surface area contributed by atoms with Crippen LogP contribution in [0.25, 0.3) is 0 Å². The molecule has 7 heteroatoms. The van der Waals surface area contributed by atoms with Gasteiger partial charge in [-0.2, -0.15) is 0 Å². The van der Waals surface area contributed by atoms with Crippen LogP contribution >= 0.6 is 0 Å². The first-order valence-electron chi connectivity index (χ1n) is 10.7. The lowest BCUT2D eigenvalue weighted by atomic mass is 9.87. The van der Waals surface area contributed by atoms with Gasteiger partial charge in [0.25, 0.3) is 5.91 Å². The minimum atomic E-state index is -3.70. The van der Waals surface area contributed by atoms with Gasteiger partial charge >= 0.3 is 0 Å². The molecule has 0 aliphatic heterocycles. The number of rotatable bonds is 8. The first kappa shape index (κ1) is 24.5. The van der Waals surface area contributed by atoms with E-state index in [4.69, 9.17) is 9.88 Å². The lowest BCUT2D eigenvalue weighted by molar-refractivity contribution is 0.0954. The Morgan fingerprint density at radius 3 is 2.00 bits per heavy atom. The van der Waals surface area contributed by atoms with Gasteiger partial charge in [-0.25, -0.2) is 13.6 Å². The zero-order valence-electron chi connectivity index (χ0n) is 19.2. The SMILES string of the molecule is CC(C)(C)c1ccc(OCc2ccc(C(=O)NCCc3ccc(S(N)(=O)=O)cc3)cc2)cc1. The molecule has 0 fully saturated rings. The number of amides is 1. The molecule has 174 valence electrons. The fourth-order valence-corrected chi connectivity index (χ4v) is 3.75. The third kappa shape index (κ3) is 7.17. The summed E-state index contributed by atoms with van der Waals surface area (Å²) < 4.78 is 28.5. The third-order valence-corrected chi connectivity index (χ3v) is 6.22. The number of nitrogens with two attached hydrogens (primary N) is 1. The second-order valence-electron chi connectivity index (χ2n) is 8.95. The van der Waals surface area contributed by atoms with Crippen molar-refractivity contribution < 1.29 is 17.9 Å². The molecule has 3 aromatic rings. The highest BCUT2D eigenvalue weighted by Crippen LogP contribution is 2.24. The molecule has 0 aromatic heterocycles. The fourth-order valence-electron chi connectivity index (χ4n) is 3.24. The van der Waals surface area contributed by atoms with E-state index in [-0.39, 0.29) is 16.2 Å². The summed E-state index contributed by atoms with van der Waals surface area (Å²) >= 11 is 0. The van der Waals surface area contributed by atoms with Gasteiger partial charge in [-0.1, -0.05) is 57.2 Å². The van der Waals surface area contributed by atoms with Gasteiger partial charge in [-0.15, -0.1) is 0 Å². The van der Waals surface area contributed by atoms with Crippen LogP contribution in [0.15, 0.2) is 77.7 Å². The Morgan fingerprint density at radius 1 is 0.879 bits per heavy atom. The number of carbonyl (C=O) groups excluding carboxylic acids is 1. The molecule has 0 saturated carbocycles. The number of ether oxygens (including phenoxy) is 1. The standard InChI is InChI=1S/C26H30N2O4S/c1-26(2,3)22-10-12-23(13-11-22)32-18-20-4-8-21(9-5-20)25(29)28-17-16-19-6-14-24(15-7-19)33(27,30)31/h4-15H,16-18H2,1-3H3,(H,28,29)(H2,27,30,31). The highest BCUT2D eigenvalue weighted by molar-refractivity contribution is 7.89. The van der Waals surface area contributed by atoms with Crippen LogP contribution in [0.4, 0.5) is 0 Å². The lowest BCUT2D eigenvalue weighted by Crippen LogP contribution is -2.25. The van der Waals surface area contributed by atoms with Gasteiger partial charge in [0, 0.05) is 12.1 Å². The van der Waals surface area contributed by atoms with Crippen LogP contribution in [0.5, 0.6) is 5.75 Å². The molecule has 0 radical (unpaired) electrons. The predicted molar refractivity (Wildman–Crippen MR) is 130 cm³/mol. The first-order valence-corrected chi connectivity index (χ1v) is 12.3. The molecule has 0 heterocycles. The molecule has 3 rings (SSSR count). The van der Waals surface area contributed by atoms with Crippen LogP contribution < -0.4 is 15.2 Å². The van der Waals surface area contributed by atoms with Crippen LogP contribution in [0.1, 0.15) is 47.8 Å². The van der Waals surface area contributed by atoms with Crippen LogP contribution in [0, 0.1) is 0 Å². The van der Waals surface area contributed by atoms with Gasteiger partial charge < -0.3 is 10.1 Å². The maximum absolute atomic E-state index is 12.4. The van der Waals surface area contributed by atoms with Crippen molar-refractivity contribution in [2.75, 3.05) is 6.54 Å². The molecule has 0 saturated heterocycles. The lowest BCUT2D eigenvalue weighted by Gasteiger charge is -2.19. The Hall–Kier alpha value is -3.16. The van der Waals surface area contributed by atoms with Gasteiger partial charge in [0.05, 0.1) is 4.90 Å². The summed E-state index contributed by atoms with van der Waals surface area (Å²) in [7, 11) is -3.70. The average Bonchev–Trinajstić information content (AvgIpc) is 2.77. The Bertz CT molecular complexity index is 1180. The highest BCUT2D eigenvalue weighted by atomic mass is 32.2. The second-order valence-corrected chi connectivity index (χ2v) is 10.5. The molecule has 0 atom stereocenters. The van der Waals surface area contributed by atoms with Crippen LogP contribution in [-0.4, -0.2) is 20.9 Å². The number of primary sulfonamides is 1.